The Balaban J connectivity index is 0.00000364. The predicted molar refractivity (Wildman–Crippen MR) is 121 cm³/mol. The first kappa shape index (κ1) is 22.9. The van der Waals surface area contributed by atoms with Crippen LogP contribution in [0.2, 0.25) is 0 Å². The molecule has 0 saturated carbocycles. The molecule has 1 amide bonds. The maximum absolute atomic E-state index is 11.9. The number of carbonyl (C=O) groups excluding carboxylic acids is 1. The molecule has 0 aliphatic carbocycles. The maximum Gasteiger partial charge on any atom is 0.251 e. The summed E-state index contributed by atoms with van der Waals surface area (Å²) < 4.78 is 0. The van der Waals surface area contributed by atoms with E-state index >= 15 is 0 Å². The molecule has 0 bridgehead atoms. The molecular formula is C20H28IN5O. The molecule has 6 nitrogen and oxygen atoms in total. The van der Waals surface area contributed by atoms with Crippen molar-refractivity contribution in [1.82, 2.24) is 20.9 Å². The number of pyridine rings is 1. The van der Waals surface area contributed by atoms with Crippen molar-refractivity contribution in [2.24, 2.45) is 4.99 Å². The lowest BCUT2D eigenvalue weighted by atomic mass is 10.2. The van der Waals surface area contributed by atoms with Crippen LogP contribution in [0, 0.1) is 0 Å². The number of hydrogen-bond acceptors (Lipinski definition) is 3. The summed E-state index contributed by atoms with van der Waals surface area (Å²) >= 11 is 0. The molecule has 0 saturated heterocycles. The number of nitrogens with zero attached hydrogens (tertiary/aromatic N) is 2. The largest absolute Gasteiger partial charge is 0.357 e. The lowest BCUT2D eigenvalue weighted by Gasteiger charge is -2.11. The van der Waals surface area contributed by atoms with Gasteiger partial charge in [-0.25, -0.2) is 0 Å². The second-order valence-corrected chi connectivity index (χ2v) is 5.73. The van der Waals surface area contributed by atoms with E-state index in [2.05, 4.69) is 25.9 Å². The van der Waals surface area contributed by atoms with Gasteiger partial charge in [-0.1, -0.05) is 24.3 Å². The van der Waals surface area contributed by atoms with Crippen LogP contribution < -0.4 is 16.0 Å². The fraction of sp³-hybridized carbons (Fsp3) is 0.350. The van der Waals surface area contributed by atoms with E-state index in [0.717, 1.165) is 37.6 Å². The minimum atomic E-state index is -0.0463. The van der Waals surface area contributed by atoms with Crippen LogP contribution >= 0.6 is 24.0 Å². The van der Waals surface area contributed by atoms with E-state index in [0.29, 0.717) is 18.7 Å². The van der Waals surface area contributed by atoms with Crippen molar-refractivity contribution in [3.05, 3.63) is 66.0 Å². The van der Waals surface area contributed by atoms with Crippen LogP contribution in [0.25, 0.3) is 0 Å². The third-order valence-corrected chi connectivity index (χ3v) is 3.67. The highest BCUT2D eigenvalue weighted by Gasteiger charge is 2.03. The number of aromatic nitrogens is 1. The minimum Gasteiger partial charge on any atom is -0.357 e. The highest BCUT2D eigenvalue weighted by molar-refractivity contribution is 14.0. The van der Waals surface area contributed by atoms with E-state index in [-0.39, 0.29) is 29.9 Å². The monoisotopic (exact) mass is 481 g/mol. The Bertz CT molecular complexity index is 679. The van der Waals surface area contributed by atoms with Crippen LogP contribution in [0.3, 0.4) is 0 Å². The first-order chi connectivity index (χ1) is 12.8. The zero-order valence-electron chi connectivity index (χ0n) is 15.6. The molecule has 7 heteroatoms. The number of benzene rings is 1. The Labute approximate surface area is 178 Å². The average molecular weight is 481 g/mol. The smallest absolute Gasteiger partial charge is 0.251 e. The molecule has 0 spiro atoms. The molecule has 0 aliphatic heterocycles. The molecule has 3 N–H and O–H groups in total. The van der Waals surface area contributed by atoms with Crippen molar-refractivity contribution in [2.75, 3.05) is 26.2 Å². The molecule has 1 aromatic carbocycles. The minimum absolute atomic E-state index is 0. The quantitative estimate of drug-likeness (QED) is 0.223. The molecule has 27 heavy (non-hydrogen) atoms. The van der Waals surface area contributed by atoms with Gasteiger partial charge in [-0.3, -0.25) is 14.8 Å². The SMILES string of the molecule is CCNC(=NCCCNC(=O)c1ccccc1)NCCc1ccccn1.I. The highest BCUT2D eigenvalue weighted by atomic mass is 127. The van der Waals surface area contributed by atoms with Gasteiger partial charge in [0.05, 0.1) is 0 Å². The number of aliphatic imine (C=N–C) groups is 1. The van der Waals surface area contributed by atoms with Gasteiger partial charge in [0.1, 0.15) is 0 Å². The molecule has 0 unspecified atom stereocenters. The zero-order chi connectivity index (χ0) is 18.5. The first-order valence-electron chi connectivity index (χ1n) is 9.05. The Morgan fingerprint density at radius 3 is 2.48 bits per heavy atom. The lowest BCUT2D eigenvalue weighted by molar-refractivity contribution is 0.0953. The van der Waals surface area contributed by atoms with Crippen molar-refractivity contribution < 1.29 is 4.79 Å². The molecular weight excluding hydrogens is 453 g/mol. The van der Waals surface area contributed by atoms with Crippen LogP contribution in [0.1, 0.15) is 29.4 Å². The molecule has 0 aliphatic rings. The summed E-state index contributed by atoms with van der Waals surface area (Å²) in [4.78, 5) is 20.8. The molecule has 1 aromatic heterocycles. The second-order valence-electron chi connectivity index (χ2n) is 5.73. The second kappa shape index (κ2) is 14.0. The van der Waals surface area contributed by atoms with Crippen molar-refractivity contribution >= 4 is 35.8 Å². The van der Waals surface area contributed by atoms with Gasteiger partial charge in [0, 0.05) is 50.1 Å². The number of carbonyl (C=O) groups is 1. The van der Waals surface area contributed by atoms with Gasteiger partial charge in [-0.05, 0) is 37.6 Å². The van der Waals surface area contributed by atoms with Crippen molar-refractivity contribution in [3.63, 3.8) is 0 Å². The summed E-state index contributed by atoms with van der Waals surface area (Å²) in [5.74, 6) is 0.743. The lowest BCUT2D eigenvalue weighted by Crippen LogP contribution is -2.38. The summed E-state index contributed by atoms with van der Waals surface area (Å²) in [7, 11) is 0. The predicted octanol–water partition coefficient (Wildman–Crippen LogP) is 2.62. The average Bonchev–Trinajstić information content (AvgIpc) is 2.69. The van der Waals surface area contributed by atoms with Crippen molar-refractivity contribution in [2.45, 2.75) is 19.8 Å². The molecule has 2 aromatic rings. The maximum atomic E-state index is 11.9. The van der Waals surface area contributed by atoms with Crippen LogP contribution in [0.4, 0.5) is 0 Å². The van der Waals surface area contributed by atoms with Gasteiger partial charge in [-0.2, -0.15) is 0 Å². The van der Waals surface area contributed by atoms with Crippen molar-refractivity contribution in [3.8, 4) is 0 Å². The summed E-state index contributed by atoms with van der Waals surface area (Å²) in [5.41, 5.74) is 1.74. The third kappa shape index (κ3) is 9.37. The topological polar surface area (TPSA) is 78.4 Å². The van der Waals surface area contributed by atoms with E-state index in [4.69, 9.17) is 0 Å². The molecule has 0 atom stereocenters. The van der Waals surface area contributed by atoms with E-state index < -0.39 is 0 Å². The summed E-state index contributed by atoms with van der Waals surface area (Å²) in [6.07, 6.45) is 3.44. The molecule has 0 fully saturated rings. The summed E-state index contributed by atoms with van der Waals surface area (Å²) in [6, 6.07) is 15.2. The van der Waals surface area contributed by atoms with Crippen molar-refractivity contribution in [1.29, 1.82) is 0 Å². The van der Waals surface area contributed by atoms with Crippen LogP contribution in [-0.2, 0) is 6.42 Å². The highest BCUT2D eigenvalue weighted by Crippen LogP contribution is 1.97. The number of halogens is 1. The van der Waals surface area contributed by atoms with Gasteiger partial charge in [0.15, 0.2) is 5.96 Å². The number of guanidine groups is 1. The Morgan fingerprint density at radius 1 is 1.00 bits per heavy atom. The third-order valence-electron chi connectivity index (χ3n) is 3.67. The Morgan fingerprint density at radius 2 is 1.78 bits per heavy atom. The molecule has 0 radical (unpaired) electrons. The standard InChI is InChI=1S/C20H27N5O.HI/c1-2-21-20(25-16-12-18-11-6-7-13-22-18)24-15-8-14-23-19(26)17-9-4-3-5-10-17;/h3-7,9-11,13H,2,8,12,14-16H2,1H3,(H,23,26)(H2,21,24,25);1H. The number of nitrogens with one attached hydrogen (secondary N) is 3. The van der Waals surface area contributed by atoms with Gasteiger partial charge in [-0.15, -0.1) is 24.0 Å². The van der Waals surface area contributed by atoms with Gasteiger partial charge in [0.25, 0.3) is 5.91 Å². The Hall–Kier alpha value is -2.16. The normalized spacial score (nSPS) is 10.6. The van der Waals surface area contributed by atoms with E-state index in [9.17, 15) is 4.79 Å². The zero-order valence-corrected chi connectivity index (χ0v) is 18.0. The van der Waals surface area contributed by atoms with E-state index in [1.54, 1.807) is 6.20 Å². The molecule has 146 valence electrons. The molecule has 2 rings (SSSR count). The van der Waals surface area contributed by atoms with Gasteiger partial charge in [0.2, 0.25) is 0 Å². The number of amides is 1. The van der Waals surface area contributed by atoms with E-state index in [1.165, 1.54) is 0 Å². The first-order valence-corrected chi connectivity index (χ1v) is 9.05. The van der Waals surface area contributed by atoms with Gasteiger partial charge >= 0.3 is 0 Å². The van der Waals surface area contributed by atoms with E-state index in [1.807, 2.05) is 55.5 Å². The summed E-state index contributed by atoms with van der Waals surface area (Å²) in [5, 5.41) is 9.44. The molecule has 1 heterocycles. The summed E-state index contributed by atoms with van der Waals surface area (Å²) in [6.45, 7) is 4.86. The fourth-order valence-corrected chi connectivity index (χ4v) is 2.36. The van der Waals surface area contributed by atoms with Crippen LogP contribution in [0.5, 0.6) is 0 Å². The van der Waals surface area contributed by atoms with Crippen LogP contribution in [0.15, 0.2) is 59.7 Å². The Kier molecular flexibility index (Phi) is 11.8. The van der Waals surface area contributed by atoms with Gasteiger partial charge < -0.3 is 16.0 Å². The number of rotatable bonds is 9. The van der Waals surface area contributed by atoms with Crippen LogP contribution in [-0.4, -0.2) is 43.0 Å². The number of hydrogen-bond donors (Lipinski definition) is 3. The fourth-order valence-electron chi connectivity index (χ4n) is 2.36.